The highest BCUT2D eigenvalue weighted by molar-refractivity contribution is 6.12. The molecule has 0 radical (unpaired) electrons. The van der Waals surface area contributed by atoms with Gasteiger partial charge in [0.25, 0.3) is 0 Å². The Morgan fingerprint density at radius 1 is 0.405 bits per heavy atom. The molecular formula is C40H29NO. The first-order valence-electron chi connectivity index (χ1n) is 14.6. The van der Waals surface area contributed by atoms with Crippen LogP contribution in [0.3, 0.4) is 0 Å². The minimum Gasteiger partial charge on any atom is -0.311 e. The van der Waals surface area contributed by atoms with Crippen LogP contribution in [0.1, 0.15) is 49.3 Å². The zero-order valence-electron chi connectivity index (χ0n) is 23.3. The number of benzene rings is 6. The molecule has 2 aliphatic carbocycles. The maximum Gasteiger partial charge on any atom is 0.193 e. The standard InChI is InChI=1S/C40H29NO/c42-40-37-16-8-7-10-28(37)23-32-24-31-25-38-29(22-30(31)26-39(32)40)11-9-17-36(38)27-18-20-35(21-19-27)41(33-12-3-1-4-13-33)34-14-5-2-6-15-34/h1-21,24,26H,22-23,25H2. The summed E-state index contributed by atoms with van der Waals surface area (Å²) >= 11 is 0. The Balaban J connectivity index is 1.14. The molecule has 200 valence electrons. The van der Waals surface area contributed by atoms with Crippen molar-refractivity contribution in [3.05, 3.63) is 184 Å². The van der Waals surface area contributed by atoms with E-state index in [0.29, 0.717) is 0 Å². The highest BCUT2D eigenvalue weighted by atomic mass is 16.1. The van der Waals surface area contributed by atoms with E-state index in [0.717, 1.165) is 58.6 Å². The normalized spacial score (nSPS) is 13.0. The molecule has 6 aromatic carbocycles. The van der Waals surface area contributed by atoms with Crippen molar-refractivity contribution in [3.63, 3.8) is 0 Å². The second-order valence-electron chi connectivity index (χ2n) is 11.3. The van der Waals surface area contributed by atoms with Gasteiger partial charge in [-0.15, -0.1) is 0 Å². The number of hydrogen-bond donors (Lipinski definition) is 0. The van der Waals surface area contributed by atoms with Crippen LogP contribution in [-0.2, 0) is 19.3 Å². The van der Waals surface area contributed by atoms with E-state index in [2.05, 4.69) is 126 Å². The number of carbonyl (C=O) groups excluding carboxylic acids is 1. The molecule has 0 aromatic heterocycles. The van der Waals surface area contributed by atoms with E-state index < -0.39 is 0 Å². The highest BCUT2D eigenvalue weighted by Gasteiger charge is 2.27. The second-order valence-corrected chi connectivity index (χ2v) is 11.3. The summed E-state index contributed by atoms with van der Waals surface area (Å²) in [5.74, 6) is 0.161. The molecule has 0 atom stereocenters. The molecule has 6 aromatic rings. The summed E-state index contributed by atoms with van der Waals surface area (Å²) in [7, 11) is 0. The van der Waals surface area contributed by atoms with E-state index in [1.165, 1.54) is 33.4 Å². The van der Waals surface area contributed by atoms with E-state index in [4.69, 9.17) is 0 Å². The van der Waals surface area contributed by atoms with Crippen LogP contribution in [-0.4, -0.2) is 5.78 Å². The molecule has 0 spiro atoms. The first-order chi connectivity index (χ1) is 20.7. The molecule has 0 aliphatic heterocycles. The molecule has 0 amide bonds. The Kier molecular flexibility index (Phi) is 5.86. The molecule has 0 saturated carbocycles. The predicted molar refractivity (Wildman–Crippen MR) is 171 cm³/mol. The number of nitrogens with zero attached hydrogens (tertiary/aromatic N) is 1. The van der Waals surface area contributed by atoms with E-state index in [9.17, 15) is 4.79 Å². The lowest BCUT2D eigenvalue weighted by Gasteiger charge is -2.27. The minimum absolute atomic E-state index is 0.161. The Bertz CT molecular complexity index is 1920. The quantitative estimate of drug-likeness (QED) is 0.222. The third kappa shape index (κ3) is 4.15. The lowest BCUT2D eigenvalue weighted by molar-refractivity contribution is 0.103. The van der Waals surface area contributed by atoms with Crippen LogP contribution in [0.25, 0.3) is 11.1 Å². The Morgan fingerprint density at radius 3 is 1.71 bits per heavy atom. The summed E-state index contributed by atoms with van der Waals surface area (Å²) in [5, 5.41) is 0. The fourth-order valence-electron chi connectivity index (χ4n) is 6.74. The Morgan fingerprint density at radius 2 is 0.976 bits per heavy atom. The molecule has 8 rings (SSSR count). The van der Waals surface area contributed by atoms with Gasteiger partial charge in [-0.1, -0.05) is 97.1 Å². The summed E-state index contributed by atoms with van der Waals surface area (Å²) in [4.78, 5) is 15.6. The molecule has 0 fully saturated rings. The van der Waals surface area contributed by atoms with Gasteiger partial charge in [0.1, 0.15) is 0 Å². The van der Waals surface area contributed by atoms with Gasteiger partial charge in [0.05, 0.1) is 0 Å². The van der Waals surface area contributed by atoms with Crippen molar-refractivity contribution < 1.29 is 4.79 Å². The van der Waals surface area contributed by atoms with Crippen LogP contribution >= 0.6 is 0 Å². The van der Waals surface area contributed by atoms with Gasteiger partial charge in [0, 0.05) is 28.2 Å². The van der Waals surface area contributed by atoms with Crippen LogP contribution in [0.15, 0.2) is 140 Å². The smallest absolute Gasteiger partial charge is 0.193 e. The average molecular weight is 540 g/mol. The molecular weight excluding hydrogens is 510 g/mol. The SMILES string of the molecule is O=C1c2ccccc2Cc2cc3c(cc21)Cc1cccc(-c2ccc(N(c4ccccc4)c4ccccc4)cc2)c1C3. The van der Waals surface area contributed by atoms with Crippen molar-refractivity contribution >= 4 is 22.8 Å². The Labute approximate surface area is 246 Å². The lowest BCUT2D eigenvalue weighted by Crippen LogP contribution is -2.18. The molecule has 2 nitrogen and oxygen atoms in total. The van der Waals surface area contributed by atoms with Crippen molar-refractivity contribution in [2.45, 2.75) is 19.3 Å². The monoisotopic (exact) mass is 539 g/mol. The Hall–Kier alpha value is -5.21. The van der Waals surface area contributed by atoms with Gasteiger partial charge in [-0.25, -0.2) is 0 Å². The summed E-state index contributed by atoms with van der Waals surface area (Å²) in [6.07, 6.45) is 2.56. The van der Waals surface area contributed by atoms with Gasteiger partial charge in [-0.2, -0.15) is 0 Å². The van der Waals surface area contributed by atoms with E-state index >= 15 is 0 Å². The van der Waals surface area contributed by atoms with Crippen molar-refractivity contribution in [2.75, 3.05) is 4.90 Å². The number of carbonyl (C=O) groups is 1. The number of rotatable bonds is 4. The van der Waals surface area contributed by atoms with Crippen molar-refractivity contribution in [2.24, 2.45) is 0 Å². The second kappa shape index (κ2) is 10.0. The zero-order valence-corrected chi connectivity index (χ0v) is 23.3. The summed E-state index contributed by atoms with van der Waals surface area (Å²) in [6.45, 7) is 0. The maximum absolute atomic E-state index is 13.3. The lowest BCUT2D eigenvalue weighted by atomic mass is 9.77. The molecule has 0 N–H and O–H groups in total. The molecule has 0 bridgehead atoms. The van der Waals surface area contributed by atoms with Crippen molar-refractivity contribution in [1.82, 2.24) is 0 Å². The largest absolute Gasteiger partial charge is 0.311 e. The summed E-state index contributed by atoms with van der Waals surface area (Å²) in [5.41, 5.74) is 15.3. The number of fused-ring (bicyclic) bond motifs is 4. The maximum atomic E-state index is 13.3. The average Bonchev–Trinajstić information content (AvgIpc) is 3.04. The topological polar surface area (TPSA) is 20.3 Å². The highest BCUT2D eigenvalue weighted by Crippen LogP contribution is 2.39. The molecule has 0 saturated heterocycles. The number of hydrogen-bond acceptors (Lipinski definition) is 2. The van der Waals surface area contributed by atoms with Gasteiger partial charge >= 0.3 is 0 Å². The first-order valence-corrected chi connectivity index (χ1v) is 14.6. The first kappa shape index (κ1) is 24.6. The zero-order chi connectivity index (χ0) is 28.0. The molecule has 2 heteroatoms. The van der Waals surface area contributed by atoms with Crippen molar-refractivity contribution in [1.29, 1.82) is 0 Å². The predicted octanol–water partition coefficient (Wildman–Crippen LogP) is 9.45. The third-order valence-corrected chi connectivity index (χ3v) is 8.80. The summed E-state index contributed by atoms with van der Waals surface area (Å²) in [6, 6.07) is 49.2. The van der Waals surface area contributed by atoms with Gasteiger partial charge in [-0.3, -0.25) is 4.79 Å². The van der Waals surface area contributed by atoms with Gasteiger partial charge in [-0.05, 0) is 106 Å². The van der Waals surface area contributed by atoms with Gasteiger partial charge in [0.15, 0.2) is 5.78 Å². The van der Waals surface area contributed by atoms with Gasteiger partial charge < -0.3 is 4.90 Å². The van der Waals surface area contributed by atoms with Crippen LogP contribution in [0.2, 0.25) is 0 Å². The van der Waals surface area contributed by atoms with E-state index in [1.807, 2.05) is 18.2 Å². The third-order valence-electron chi connectivity index (χ3n) is 8.80. The van der Waals surface area contributed by atoms with Crippen LogP contribution < -0.4 is 4.90 Å². The number of para-hydroxylation sites is 2. The molecule has 0 unspecified atom stereocenters. The van der Waals surface area contributed by atoms with Crippen LogP contribution in [0, 0.1) is 0 Å². The van der Waals surface area contributed by atoms with E-state index in [-0.39, 0.29) is 5.78 Å². The van der Waals surface area contributed by atoms with E-state index in [1.54, 1.807) is 0 Å². The fourth-order valence-corrected chi connectivity index (χ4v) is 6.74. The number of anilines is 3. The molecule has 42 heavy (non-hydrogen) atoms. The van der Waals surface area contributed by atoms with Crippen LogP contribution in [0.5, 0.6) is 0 Å². The van der Waals surface area contributed by atoms with Crippen molar-refractivity contribution in [3.8, 4) is 11.1 Å². The number of ketones is 1. The fraction of sp³-hybridized carbons (Fsp3) is 0.0750. The summed E-state index contributed by atoms with van der Waals surface area (Å²) < 4.78 is 0. The minimum atomic E-state index is 0.161. The molecule has 0 heterocycles. The van der Waals surface area contributed by atoms with Gasteiger partial charge in [0.2, 0.25) is 0 Å². The van der Waals surface area contributed by atoms with Crippen LogP contribution in [0.4, 0.5) is 17.1 Å². The molecule has 2 aliphatic rings.